The summed E-state index contributed by atoms with van der Waals surface area (Å²) in [5.41, 5.74) is 4.20. The Labute approximate surface area is 185 Å². The van der Waals surface area contributed by atoms with Gasteiger partial charge in [0.1, 0.15) is 0 Å². The molecule has 0 aromatic heterocycles. The van der Waals surface area contributed by atoms with Gasteiger partial charge in [-0.15, -0.1) is 0 Å². The van der Waals surface area contributed by atoms with Crippen LogP contribution in [0.5, 0.6) is 11.5 Å². The van der Waals surface area contributed by atoms with Gasteiger partial charge in [-0.2, -0.15) is 0 Å². The summed E-state index contributed by atoms with van der Waals surface area (Å²) < 4.78 is 11.0. The average molecular weight is 414 g/mol. The number of rotatable bonds is 7. The molecule has 2 aliphatic rings. The molecule has 3 nitrogen and oxygen atoms in total. The van der Waals surface area contributed by atoms with Gasteiger partial charge in [-0.3, -0.25) is 0 Å². The van der Waals surface area contributed by atoms with Gasteiger partial charge in [0.2, 0.25) is 6.79 Å². The molecule has 1 saturated heterocycles. The van der Waals surface area contributed by atoms with E-state index < -0.39 is 0 Å². The number of hydrogen-bond acceptors (Lipinski definition) is 3. The van der Waals surface area contributed by atoms with Gasteiger partial charge in [-0.1, -0.05) is 66.7 Å². The predicted molar refractivity (Wildman–Crippen MR) is 125 cm³/mol. The Balaban J connectivity index is 1.23. The van der Waals surface area contributed by atoms with Crippen LogP contribution in [0.4, 0.5) is 0 Å². The van der Waals surface area contributed by atoms with E-state index >= 15 is 0 Å². The van der Waals surface area contributed by atoms with Crippen LogP contribution in [0, 0.1) is 5.92 Å². The largest absolute Gasteiger partial charge is 0.454 e. The second kappa shape index (κ2) is 9.57. The van der Waals surface area contributed by atoms with Crippen molar-refractivity contribution < 1.29 is 9.47 Å². The second-order valence-corrected chi connectivity index (χ2v) is 8.86. The Bertz CT molecular complexity index is 933. The van der Waals surface area contributed by atoms with E-state index in [1.54, 1.807) is 0 Å². The SMILES string of the molecule is c1ccc(C(C[C@@H]2CCCN(CCc3ccc4c(c3)OCO4)C2)c2ccccc2)cc1. The van der Waals surface area contributed by atoms with Crippen molar-refractivity contribution in [3.05, 3.63) is 95.6 Å². The minimum atomic E-state index is 0.344. The van der Waals surface area contributed by atoms with Gasteiger partial charge in [0.05, 0.1) is 0 Å². The van der Waals surface area contributed by atoms with Crippen molar-refractivity contribution in [1.29, 1.82) is 0 Å². The molecule has 0 unspecified atom stereocenters. The fourth-order valence-corrected chi connectivity index (χ4v) is 5.10. The molecule has 160 valence electrons. The quantitative estimate of drug-likeness (QED) is 0.482. The molecule has 0 spiro atoms. The molecule has 1 fully saturated rings. The third-order valence-corrected chi connectivity index (χ3v) is 6.73. The molecule has 0 amide bonds. The Kier molecular flexibility index (Phi) is 6.22. The first-order chi connectivity index (χ1) is 15.3. The van der Waals surface area contributed by atoms with Crippen LogP contribution in [0.2, 0.25) is 0 Å². The van der Waals surface area contributed by atoms with Crippen molar-refractivity contribution >= 4 is 0 Å². The highest BCUT2D eigenvalue weighted by Gasteiger charge is 2.25. The topological polar surface area (TPSA) is 21.7 Å². The Morgan fingerprint density at radius 2 is 1.55 bits per heavy atom. The summed E-state index contributed by atoms with van der Waals surface area (Å²) in [7, 11) is 0. The van der Waals surface area contributed by atoms with Gasteiger partial charge in [0.25, 0.3) is 0 Å². The van der Waals surface area contributed by atoms with E-state index in [-0.39, 0.29) is 0 Å². The number of hydrogen-bond donors (Lipinski definition) is 0. The normalized spacial score (nSPS) is 18.4. The average Bonchev–Trinajstić information content (AvgIpc) is 3.31. The van der Waals surface area contributed by atoms with E-state index in [0.717, 1.165) is 30.4 Å². The maximum Gasteiger partial charge on any atom is 0.231 e. The molecule has 2 heterocycles. The Hall–Kier alpha value is -2.78. The van der Waals surface area contributed by atoms with Crippen LogP contribution in [0.15, 0.2) is 78.9 Å². The number of piperidine rings is 1. The van der Waals surface area contributed by atoms with Crippen LogP contribution in [0.1, 0.15) is 41.9 Å². The van der Waals surface area contributed by atoms with Gasteiger partial charge in [-0.05, 0) is 67.0 Å². The van der Waals surface area contributed by atoms with E-state index in [9.17, 15) is 0 Å². The molecule has 0 radical (unpaired) electrons. The zero-order chi connectivity index (χ0) is 20.9. The number of fused-ring (bicyclic) bond motifs is 1. The number of ether oxygens (including phenoxy) is 2. The molecule has 1 atom stereocenters. The molecule has 2 aliphatic heterocycles. The molecule has 0 bridgehead atoms. The third-order valence-electron chi connectivity index (χ3n) is 6.73. The third kappa shape index (κ3) is 4.94. The summed E-state index contributed by atoms with van der Waals surface area (Å²) in [4.78, 5) is 2.66. The molecular formula is C28H31NO2. The molecule has 31 heavy (non-hydrogen) atoms. The minimum Gasteiger partial charge on any atom is -0.454 e. The van der Waals surface area contributed by atoms with Gasteiger partial charge in [0, 0.05) is 19.0 Å². The van der Waals surface area contributed by atoms with Crippen LogP contribution in [0.25, 0.3) is 0 Å². The van der Waals surface area contributed by atoms with Crippen molar-refractivity contribution in [2.45, 2.75) is 31.6 Å². The van der Waals surface area contributed by atoms with Crippen molar-refractivity contribution in [2.75, 3.05) is 26.4 Å². The van der Waals surface area contributed by atoms with Crippen molar-refractivity contribution in [3.8, 4) is 11.5 Å². The molecule has 0 aliphatic carbocycles. The fourth-order valence-electron chi connectivity index (χ4n) is 5.10. The van der Waals surface area contributed by atoms with E-state index in [1.165, 1.54) is 49.0 Å². The van der Waals surface area contributed by atoms with E-state index in [2.05, 4.69) is 77.7 Å². The predicted octanol–water partition coefficient (Wildman–Crippen LogP) is 5.89. The zero-order valence-corrected chi connectivity index (χ0v) is 18.1. The lowest BCUT2D eigenvalue weighted by molar-refractivity contribution is 0.167. The lowest BCUT2D eigenvalue weighted by Gasteiger charge is -2.35. The van der Waals surface area contributed by atoms with Gasteiger partial charge in [0.15, 0.2) is 11.5 Å². The van der Waals surface area contributed by atoms with E-state index in [0.29, 0.717) is 12.7 Å². The van der Waals surface area contributed by atoms with Gasteiger partial charge >= 0.3 is 0 Å². The fraction of sp³-hybridized carbons (Fsp3) is 0.357. The number of likely N-dealkylation sites (tertiary alicyclic amines) is 1. The summed E-state index contributed by atoms with van der Waals surface area (Å²) in [5.74, 6) is 2.97. The van der Waals surface area contributed by atoms with Crippen molar-refractivity contribution in [1.82, 2.24) is 4.90 Å². The Morgan fingerprint density at radius 1 is 0.839 bits per heavy atom. The van der Waals surface area contributed by atoms with Crippen LogP contribution in [-0.4, -0.2) is 31.3 Å². The molecule has 3 aromatic carbocycles. The summed E-state index contributed by atoms with van der Waals surface area (Å²) in [6.45, 7) is 3.86. The molecular weight excluding hydrogens is 382 g/mol. The summed E-state index contributed by atoms with van der Waals surface area (Å²) in [5, 5.41) is 0. The second-order valence-electron chi connectivity index (χ2n) is 8.86. The maximum atomic E-state index is 5.54. The molecule has 0 saturated carbocycles. The first kappa shape index (κ1) is 20.1. The highest BCUT2D eigenvalue weighted by molar-refractivity contribution is 5.44. The van der Waals surface area contributed by atoms with Crippen LogP contribution in [-0.2, 0) is 6.42 Å². The first-order valence-corrected chi connectivity index (χ1v) is 11.6. The molecule has 5 rings (SSSR count). The van der Waals surface area contributed by atoms with Crippen molar-refractivity contribution in [2.24, 2.45) is 5.92 Å². The molecule has 3 aromatic rings. The van der Waals surface area contributed by atoms with E-state index in [4.69, 9.17) is 9.47 Å². The molecule has 0 N–H and O–H groups in total. The maximum absolute atomic E-state index is 5.54. The van der Waals surface area contributed by atoms with Crippen LogP contribution in [0.3, 0.4) is 0 Å². The summed E-state index contributed by atoms with van der Waals surface area (Å²) >= 11 is 0. The zero-order valence-electron chi connectivity index (χ0n) is 18.1. The highest BCUT2D eigenvalue weighted by atomic mass is 16.7. The highest BCUT2D eigenvalue weighted by Crippen LogP contribution is 2.35. The van der Waals surface area contributed by atoms with Crippen molar-refractivity contribution in [3.63, 3.8) is 0 Å². The summed E-state index contributed by atoms with van der Waals surface area (Å²) in [6.07, 6.45) is 4.90. The standard InChI is InChI=1S/C28H31NO2/c1-3-9-24(10-4-1)26(25-11-5-2-6-12-25)18-23-8-7-16-29(20-23)17-15-22-13-14-27-28(19-22)31-21-30-27/h1-6,9-14,19,23,26H,7-8,15-18,20-21H2/t23-/m0/s1. The van der Waals surface area contributed by atoms with Gasteiger partial charge in [-0.25, -0.2) is 0 Å². The smallest absolute Gasteiger partial charge is 0.231 e. The van der Waals surface area contributed by atoms with E-state index in [1.807, 2.05) is 6.07 Å². The monoisotopic (exact) mass is 413 g/mol. The minimum absolute atomic E-state index is 0.344. The first-order valence-electron chi connectivity index (χ1n) is 11.6. The van der Waals surface area contributed by atoms with Gasteiger partial charge < -0.3 is 14.4 Å². The number of nitrogens with zero attached hydrogens (tertiary/aromatic N) is 1. The summed E-state index contributed by atoms with van der Waals surface area (Å²) in [6, 6.07) is 28.4. The lowest BCUT2D eigenvalue weighted by atomic mass is 9.81. The van der Waals surface area contributed by atoms with Crippen LogP contribution < -0.4 is 9.47 Å². The Morgan fingerprint density at radius 3 is 2.29 bits per heavy atom. The van der Waals surface area contributed by atoms with Crippen LogP contribution >= 0.6 is 0 Å². The lowest BCUT2D eigenvalue weighted by Crippen LogP contribution is -2.37. The molecule has 3 heteroatoms. The number of benzene rings is 3.